The molecule has 0 fully saturated rings. The molecule has 4 heteroatoms. The van der Waals surface area contributed by atoms with Crippen molar-refractivity contribution >= 4 is 32.6 Å². The summed E-state index contributed by atoms with van der Waals surface area (Å²) in [5.41, 5.74) is 5.05. The highest BCUT2D eigenvalue weighted by molar-refractivity contribution is 7.22. The van der Waals surface area contributed by atoms with Gasteiger partial charge in [0.25, 0.3) is 5.91 Å². The first-order chi connectivity index (χ1) is 10.9. The maximum Gasteiger partial charge on any atom is 0.257 e. The van der Waals surface area contributed by atoms with E-state index >= 15 is 0 Å². The van der Waals surface area contributed by atoms with Crippen LogP contribution < -0.4 is 5.32 Å². The van der Waals surface area contributed by atoms with Crippen LogP contribution in [0.15, 0.2) is 36.4 Å². The normalized spacial score (nSPS) is 11.2. The summed E-state index contributed by atoms with van der Waals surface area (Å²) in [4.78, 5) is 16.9. The molecule has 0 aliphatic heterocycles. The third-order valence-electron chi connectivity index (χ3n) is 3.78. The molecule has 3 aromatic rings. The first kappa shape index (κ1) is 15.7. The minimum Gasteiger partial charge on any atom is -0.298 e. The van der Waals surface area contributed by atoms with Crippen molar-refractivity contribution in [2.75, 3.05) is 5.32 Å². The summed E-state index contributed by atoms with van der Waals surface area (Å²) in [7, 11) is 0. The van der Waals surface area contributed by atoms with E-state index in [1.54, 1.807) is 0 Å². The van der Waals surface area contributed by atoms with E-state index in [2.05, 4.69) is 42.3 Å². The van der Waals surface area contributed by atoms with Crippen LogP contribution >= 0.6 is 11.3 Å². The van der Waals surface area contributed by atoms with Gasteiger partial charge in [-0.05, 0) is 49.6 Å². The lowest BCUT2D eigenvalue weighted by atomic mass is 10.0. The van der Waals surface area contributed by atoms with Gasteiger partial charge in [0.2, 0.25) is 0 Å². The van der Waals surface area contributed by atoms with Crippen LogP contribution in [0.5, 0.6) is 0 Å². The number of aryl methyl sites for hydroxylation is 2. The third kappa shape index (κ3) is 3.42. The molecule has 118 valence electrons. The van der Waals surface area contributed by atoms with Gasteiger partial charge in [-0.15, -0.1) is 0 Å². The van der Waals surface area contributed by atoms with Crippen molar-refractivity contribution in [1.29, 1.82) is 0 Å². The van der Waals surface area contributed by atoms with Crippen LogP contribution in [-0.4, -0.2) is 10.9 Å². The minimum atomic E-state index is -0.111. The number of amides is 1. The fraction of sp³-hybridized carbons (Fsp3) is 0.263. The Kier molecular flexibility index (Phi) is 4.18. The number of aromatic nitrogens is 1. The van der Waals surface area contributed by atoms with Gasteiger partial charge in [-0.3, -0.25) is 10.1 Å². The quantitative estimate of drug-likeness (QED) is 0.711. The standard InChI is InChI=1S/C19H20N2OS/c1-11(2)14-5-6-16-17(10-14)23-19(20-16)21-18(22)15-8-12(3)7-13(4)9-15/h5-11H,1-4H3,(H,20,21,22). The Balaban J connectivity index is 1.87. The van der Waals surface area contributed by atoms with E-state index in [1.165, 1.54) is 16.9 Å². The van der Waals surface area contributed by atoms with Gasteiger partial charge in [0.1, 0.15) is 0 Å². The van der Waals surface area contributed by atoms with Crippen molar-refractivity contribution in [3.63, 3.8) is 0 Å². The Bertz CT molecular complexity index is 860. The van der Waals surface area contributed by atoms with Crippen molar-refractivity contribution in [2.24, 2.45) is 0 Å². The second-order valence-corrected chi connectivity index (χ2v) is 7.26. The van der Waals surface area contributed by atoms with Crippen LogP contribution in [0.1, 0.15) is 46.8 Å². The Labute approximate surface area is 140 Å². The number of thiazole rings is 1. The van der Waals surface area contributed by atoms with Gasteiger partial charge in [-0.25, -0.2) is 4.98 Å². The molecule has 0 aliphatic rings. The molecule has 0 aliphatic carbocycles. The molecule has 0 saturated heterocycles. The van der Waals surface area contributed by atoms with Crippen molar-refractivity contribution in [3.05, 3.63) is 58.7 Å². The second kappa shape index (κ2) is 6.13. The summed E-state index contributed by atoms with van der Waals surface area (Å²) in [6, 6.07) is 12.1. The molecule has 0 radical (unpaired) electrons. The number of hydrogen-bond acceptors (Lipinski definition) is 3. The summed E-state index contributed by atoms with van der Waals surface area (Å²) in [6.45, 7) is 8.33. The minimum absolute atomic E-state index is 0.111. The van der Waals surface area contributed by atoms with Gasteiger partial charge in [-0.2, -0.15) is 0 Å². The maximum atomic E-state index is 12.4. The number of benzene rings is 2. The molecule has 3 nitrogen and oxygen atoms in total. The number of carbonyl (C=O) groups is 1. The highest BCUT2D eigenvalue weighted by Crippen LogP contribution is 2.29. The zero-order valence-corrected chi connectivity index (χ0v) is 14.6. The lowest BCUT2D eigenvalue weighted by molar-refractivity contribution is 0.102. The highest BCUT2D eigenvalue weighted by Gasteiger charge is 2.11. The summed E-state index contributed by atoms with van der Waals surface area (Å²) in [5, 5.41) is 3.56. The van der Waals surface area contributed by atoms with E-state index in [1.807, 2.05) is 32.0 Å². The van der Waals surface area contributed by atoms with E-state index in [-0.39, 0.29) is 5.91 Å². The van der Waals surface area contributed by atoms with E-state index in [4.69, 9.17) is 0 Å². The second-order valence-electron chi connectivity index (χ2n) is 6.23. The van der Waals surface area contributed by atoms with Gasteiger partial charge >= 0.3 is 0 Å². The number of rotatable bonds is 3. The fourth-order valence-corrected chi connectivity index (χ4v) is 3.54. The lowest BCUT2D eigenvalue weighted by Crippen LogP contribution is -2.12. The summed E-state index contributed by atoms with van der Waals surface area (Å²) < 4.78 is 1.10. The average Bonchev–Trinajstić information content (AvgIpc) is 2.87. The molecule has 0 spiro atoms. The molecule has 0 saturated carbocycles. The molecular formula is C19H20N2OS. The Hall–Kier alpha value is -2.20. The van der Waals surface area contributed by atoms with Crippen LogP contribution in [0.25, 0.3) is 10.2 Å². The van der Waals surface area contributed by atoms with Gasteiger partial charge in [0.05, 0.1) is 10.2 Å². The predicted octanol–water partition coefficient (Wildman–Crippen LogP) is 5.29. The number of carbonyl (C=O) groups excluding carboxylic acids is 1. The molecule has 1 aromatic heterocycles. The summed E-state index contributed by atoms with van der Waals surface area (Å²) in [5.74, 6) is 0.370. The maximum absolute atomic E-state index is 12.4. The van der Waals surface area contributed by atoms with Crippen LogP contribution in [-0.2, 0) is 0 Å². The monoisotopic (exact) mass is 324 g/mol. The molecule has 3 rings (SSSR count). The zero-order valence-electron chi connectivity index (χ0n) is 13.8. The Morgan fingerprint density at radius 2 is 1.78 bits per heavy atom. The first-order valence-electron chi connectivity index (χ1n) is 7.72. The van der Waals surface area contributed by atoms with Gasteiger partial charge in [0, 0.05) is 5.56 Å². The molecular weight excluding hydrogens is 304 g/mol. The number of nitrogens with zero attached hydrogens (tertiary/aromatic N) is 1. The van der Waals surface area contributed by atoms with E-state index in [9.17, 15) is 4.79 Å². The van der Waals surface area contributed by atoms with E-state index < -0.39 is 0 Å². The van der Waals surface area contributed by atoms with E-state index in [0.29, 0.717) is 16.6 Å². The molecule has 0 unspecified atom stereocenters. The summed E-state index contributed by atoms with van der Waals surface area (Å²) >= 11 is 1.52. The lowest BCUT2D eigenvalue weighted by Gasteiger charge is -2.04. The van der Waals surface area contributed by atoms with Crippen molar-refractivity contribution in [3.8, 4) is 0 Å². The van der Waals surface area contributed by atoms with Crippen LogP contribution in [0.4, 0.5) is 5.13 Å². The van der Waals surface area contributed by atoms with Gasteiger partial charge in [0.15, 0.2) is 5.13 Å². The largest absolute Gasteiger partial charge is 0.298 e. The van der Waals surface area contributed by atoms with Crippen LogP contribution in [0, 0.1) is 13.8 Å². The Morgan fingerprint density at radius 1 is 1.09 bits per heavy atom. The average molecular weight is 324 g/mol. The number of hydrogen-bond donors (Lipinski definition) is 1. The summed E-state index contributed by atoms with van der Waals surface area (Å²) in [6.07, 6.45) is 0. The van der Waals surface area contributed by atoms with Crippen LogP contribution in [0.3, 0.4) is 0 Å². The van der Waals surface area contributed by atoms with Crippen LogP contribution in [0.2, 0.25) is 0 Å². The highest BCUT2D eigenvalue weighted by atomic mass is 32.1. The molecule has 1 heterocycles. The number of nitrogens with one attached hydrogen (secondary N) is 1. The Morgan fingerprint density at radius 3 is 2.43 bits per heavy atom. The molecule has 2 aromatic carbocycles. The number of fused-ring (bicyclic) bond motifs is 1. The SMILES string of the molecule is Cc1cc(C)cc(C(=O)Nc2nc3ccc(C(C)C)cc3s2)c1. The number of anilines is 1. The van der Waals surface area contributed by atoms with Crippen molar-refractivity contribution in [2.45, 2.75) is 33.6 Å². The molecule has 0 bridgehead atoms. The third-order valence-corrected chi connectivity index (χ3v) is 4.72. The van der Waals surface area contributed by atoms with Crippen molar-refractivity contribution in [1.82, 2.24) is 4.98 Å². The molecule has 1 N–H and O–H groups in total. The molecule has 0 atom stereocenters. The topological polar surface area (TPSA) is 42.0 Å². The fourth-order valence-electron chi connectivity index (χ4n) is 2.63. The van der Waals surface area contributed by atoms with Gasteiger partial charge in [-0.1, -0.05) is 48.4 Å². The van der Waals surface area contributed by atoms with E-state index in [0.717, 1.165) is 21.3 Å². The first-order valence-corrected chi connectivity index (χ1v) is 8.54. The van der Waals surface area contributed by atoms with Crippen molar-refractivity contribution < 1.29 is 4.79 Å². The zero-order chi connectivity index (χ0) is 16.6. The van der Waals surface area contributed by atoms with Gasteiger partial charge < -0.3 is 0 Å². The smallest absolute Gasteiger partial charge is 0.257 e. The predicted molar refractivity (Wildman–Crippen MR) is 97.6 cm³/mol. The molecule has 23 heavy (non-hydrogen) atoms. The molecule has 1 amide bonds.